The molecule has 0 bridgehead atoms. The van der Waals surface area contributed by atoms with E-state index in [1.54, 1.807) is 0 Å². The predicted molar refractivity (Wildman–Crippen MR) is 63.8 cm³/mol. The molecule has 0 fully saturated rings. The second-order valence-electron chi connectivity index (χ2n) is 3.17. The van der Waals surface area contributed by atoms with Gasteiger partial charge in [-0.1, -0.05) is 28.9 Å². The molecule has 0 saturated carbocycles. The smallest absolute Gasteiger partial charge is 0.183 e. The van der Waals surface area contributed by atoms with Gasteiger partial charge in [0.2, 0.25) is 0 Å². The van der Waals surface area contributed by atoms with Gasteiger partial charge in [0.1, 0.15) is 4.47 Å². The van der Waals surface area contributed by atoms with Gasteiger partial charge in [-0.3, -0.25) is 0 Å². The Labute approximate surface area is 100 Å². The molecule has 0 aliphatic rings. The van der Waals surface area contributed by atoms with Gasteiger partial charge in [0, 0.05) is 10.6 Å². The number of aryl methyl sites for hydroxylation is 1. The Bertz CT molecular complexity index is 510. The van der Waals surface area contributed by atoms with Crippen LogP contribution in [0.1, 0.15) is 5.56 Å². The highest BCUT2D eigenvalue weighted by Gasteiger charge is 2.13. The van der Waals surface area contributed by atoms with Gasteiger partial charge in [-0.05, 0) is 34.5 Å². The van der Waals surface area contributed by atoms with Crippen LogP contribution in [0, 0.1) is 6.92 Å². The third-order valence-electron chi connectivity index (χ3n) is 2.09. The molecular weight excluding hydrogens is 279 g/mol. The van der Waals surface area contributed by atoms with Crippen LogP contribution >= 0.6 is 27.5 Å². The minimum atomic E-state index is 0.335. The third kappa shape index (κ3) is 1.87. The number of halogens is 2. The summed E-state index contributed by atoms with van der Waals surface area (Å²) in [6, 6.07) is 5.65. The first-order valence-corrected chi connectivity index (χ1v) is 5.44. The summed E-state index contributed by atoms with van der Waals surface area (Å²) in [6.07, 6.45) is 0. The summed E-state index contributed by atoms with van der Waals surface area (Å²) in [6.45, 7) is 1.94. The maximum atomic E-state index is 6.01. The molecule has 0 spiro atoms. The fourth-order valence-corrected chi connectivity index (χ4v) is 1.76. The van der Waals surface area contributed by atoms with Gasteiger partial charge in [0.15, 0.2) is 11.6 Å². The molecule has 1 heterocycles. The summed E-state index contributed by atoms with van der Waals surface area (Å²) in [5, 5.41) is 4.35. The lowest BCUT2D eigenvalue weighted by Gasteiger charge is -2.00. The zero-order chi connectivity index (χ0) is 11.0. The fraction of sp³-hybridized carbons (Fsp3) is 0.100. The number of anilines is 1. The number of nitrogen functional groups attached to an aromatic ring is 1. The van der Waals surface area contributed by atoms with Gasteiger partial charge in [-0.25, -0.2) is 0 Å². The highest BCUT2D eigenvalue weighted by Crippen LogP contribution is 2.34. The van der Waals surface area contributed by atoms with Crippen molar-refractivity contribution >= 4 is 33.3 Å². The fourth-order valence-electron chi connectivity index (χ4n) is 1.20. The number of nitrogens with zero attached hydrogens (tertiary/aromatic N) is 1. The van der Waals surface area contributed by atoms with Crippen molar-refractivity contribution < 1.29 is 4.52 Å². The molecule has 0 atom stereocenters. The number of aromatic nitrogens is 1. The van der Waals surface area contributed by atoms with Crippen molar-refractivity contribution in [2.75, 3.05) is 5.73 Å². The SMILES string of the molecule is Cc1ccc(-c2onc(N)c2Br)cc1Cl. The Morgan fingerprint density at radius 1 is 1.47 bits per heavy atom. The highest BCUT2D eigenvalue weighted by molar-refractivity contribution is 9.10. The Morgan fingerprint density at radius 2 is 2.20 bits per heavy atom. The Balaban J connectivity index is 2.55. The molecule has 78 valence electrons. The van der Waals surface area contributed by atoms with E-state index in [-0.39, 0.29) is 0 Å². The molecule has 0 saturated heterocycles. The Kier molecular flexibility index (Phi) is 2.71. The lowest BCUT2D eigenvalue weighted by atomic mass is 10.1. The first-order valence-electron chi connectivity index (χ1n) is 4.26. The van der Waals surface area contributed by atoms with Crippen LogP contribution in [0.5, 0.6) is 0 Å². The van der Waals surface area contributed by atoms with Crippen molar-refractivity contribution in [3.8, 4) is 11.3 Å². The van der Waals surface area contributed by atoms with Crippen LogP contribution < -0.4 is 5.73 Å². The number of nitrogens with two attached hydrogens (primary N) is 1. The maximum Gasteiger partial charge on any atom is 0.183 e. The van der Waals surface area contributed by atoms with Crippen molar-refractivity contribution in [3.63, 3.8) is 0 Å². The molecule has 5 heteroatoms. The van der Waals surface area contributed by atoms with E-state index >= 15 is 0 Å². The molecule has 15 heavy (non-hydrogen) atoms. The molecule has 2 aromatic rings. The molecule has 0 aliphatic heterocycles. The van der Waals surface area contributed by atoms with E-state index in [0.717, 1.165) is 11.1 Å². The van der Waals surface area contributed by atoms with Crippen LogP contribution in [0.2, 0.25) is 5.02 Å². The summed E-state index contributed by atoms with van der Waals surface area (Å²) >= 11 is 9.32. The zero-order valence-corrected chi connectivity index (χ0v) is 10.3. The van der Waals surface area contributed by atoms with Crippen molar-refractivity contribution in [2.24, 2.45) is 0 Å². The largest absolute Gasteiger partial charge is 0.380 e. The Hall–Kier alpha value is -1.00. The van der Waals surface area contributed by atoms with Crippen LogP contribution in [-0.4, -0.2) is 5.16 Å². The van der Waals surface area contributed by atoms with Crippen molar-refractivity contribution in [2.45, 2.75) is 6.92 Å². The minimum absolute atomic E-state index is 0.335. The van der Waals surface area contributed by atoms with Crippen LogP contribution in [0.4, 0.5) is 5.82 Å². The van der Waals surface area contributed by atoms with Crippen LogP contribution in [0.15, 0.2) is 27.2 Å². The summed E-state index contributed by atoms with van der Waals surface area (Å²) in [7, 11) is 0. The lowest BCUT2D eigenvalue weighted by Crippen LogP contribution is -1.83. The molecule has 0 amide bonds. The van der Waals surface area contributed by atoms with E-state index in [0.29, 0.717) is 21.1 Å². The Morgan fingerprint density at radius 3 is 2.73 bits per heavy atom. The van der Waals surface area contributed by atoms with Gasteiger partial charge >= 0.3 is 0 Å². The van der Waals surface area contributed by atoms with Crippen molar-refractivity contribution in [3.05, 3.63) is 33.3 Å². The molecular formula is C10H8BrClN2O. The van der Waals surface area contributed by atoms with Gasteiger partial charge in [0.25, 0.3) is 0 Å². The van der Waals surface area contributed by atoms with Gasteiger partial charge < -0.3 is 10.3 Å². The maximum absolute atomic E-state index is 6.01. The summed E-state index contributed by atoms with van der Waals surface area (Å²) in [5.41, 5.74) is 7.43. The molecule has 3 nitrogen and oxygen atoms in total. The highest BCUT2D eigenvalue weighted by atomic mass is 79.9. The average molecular weight is 288 g/mol. The molecule has 0 radical (unpaired) electrons. The topological polar surface area (TPSA) is 52.0 Å². The second kappa shape index (κ2) is 3.87. The summed E-state index contributed by atoms with van der Waals surface area (Å²) < 4.78 is 5.75. The zero-order valence-electron chi connectivity index (χ0n) is 7.92. The first-order chi connectivity index (χ1) is 7.09. The molecule has 0 unspecified atom stereocenters. The quantitative estimate of drug-likeness (QED) is 0.871. The van der Waals surface area contributed by atoms with Gasteiger partial charge in [-0.2, -0.15) is 0 Å². The molecule has 2 rings (SSSR count). The average Bonchev–Trinajstić information content (AvgIpc) is 2.53. The number of benzene rings is 1. The first kappa shape index (κ1) is 10.5. The van der Waals surface area contributed by atoms with E-state index < -0.39 is 0 Å². The van der Waals surface area contributed by atoms with Crippen molar-refractivity contribution in [1.29, 1.82) is 0 Å². The predicted octanol–water partition coefficient (Wildman–Crippen LogP) is 3.65. The van der Waals surface area contributed by atoms with E-state index in [9.17, 15) is 0 Å². The summed E-state index contributed by atoms with van der Waals surface area (Å²) in [5.74, 6) is 0.927. The summed E-state index contributed by atoms with van der Waals surface area (Å²) in [4.78, 5) is 0. The number of hydrogen-bond acceptors (Lipinski definition) is 3. The number of hydrogen-bond donors (Lipinski definition) is 1. The molecule has 1 aromatic heterocycles. The lowest BCUT2D eigenvalue weighted by molar-refractivity contribution is 0.435. The van der Waals surface area contributed by atoms with Crippen molar-refractivity contribution in [1.82, 2.24) is 5.16 Å². The normalized spacial score (nSPS) is 10.6. The van der Waals surface area contributed by atoms with Crippen LogP contribution in [0.25, 0.3) is 11.3 Å². The minimum Gasteiger partial charge on any atom is -0.380 e. The van der Waals surface area contributed by atoms with E-state index in [2.05, 4.69) is 21.1 Å². The second-order valence-corrected chi connectivity index (χ2v) is 4.38. The third-order valence-corrected chi connectivity index (χ3v) is 3.27. The van der Waals surface area contributed by atoms with E-state index in [1.807, 2.05) is 25.1 Å². The van der Waals surface area contributed by atoms with Gasteiger partial charge in [0.05, 0.1) is 0 Å². The molecule has 0 aliphatic carbocycles. The van der Waals surface area contributed by atoms with Crippen LogP contribution in [-0.2, 0) is 0 Å². The number of rotatable bonds is 1. The molecule has 1 aromatic carbocycles. The molecule has 2 N–H and O–H groups in total. The standard InChI is InChI=1S/C10H8BrClN2O/c1-5-2-3-6(4-7(5)12)9-8(11)10(13)14-15-9/h2-4H,1H3,(H2,13,14). The van der Waals surface area contributed by atoms with Crippen LogP contribution in [0.3, 0.4) is 0 Å². The van der Waals surface area contributed by atoms with E-state index in [4.69, 9.17) is 21.9 Å². The van der Waals surface area contributed by atoms with Gasteiger partial charge in [-0.15, -0.1) is 0 Å². The monoisotopic (exact) mass is 286 g/mol. The van der Waals surface area contributed by atoms with E-state index in [1.165, 1.54) is 0 Å².